The highest BCUT2D eigenvalue weighted by molar-refractivity contribution is 6.01. The number of nitrogens with one attached hydrogen (secondary N) is 2. The lowest BCUT2D eigenvalue weighted by Gasteiger charge is -2.09. The highest BCUT2D eigenvalue weighted by Gasteiger charge is 2.16. The van der Waals surface area contributed by atoms with E-state index in [1.807, 2.05) is 48.5 Å². The van der Waals surface area contributed by atoms with Crippen LogP contribution in [0.2, 0.25) is 0 Å². The van der Waals surface area contributed by atoms with Crippen molar-refractivity contribution in [3.8, 4) is 5.75 Å². The summed E-state index contributed by atoms with van der Waals surface area (Å²) >= 11 is 0. The number of carbonyl (C=O) groups excluding carboxylic acids is 2. The zero-order chi connectivity index (χ0) is 19.9. The number of H-pyrrole nitrogens is 1. The second-order valence-electron chi connectivity index (χ2n) is 5.86. The molecule has 3 rings (SSSR count). The van der Waals surface area contributed by atoms with Crippen molar-refractivity contribution in [1.82, 2.24) is 10.3 Å². The van der Waals surface area contributed by atoms with Crippen molar-refractivity contribution in [2.24, 2.45) is 0 Å². The molecule has 0 fully saturated rings. The minimum absolute atomic E-state index is 0.0487. The third kappa shape index (κ3) is 4.32. The van der Waals surface area contributed by atoms with Crippen molar-refractivity contribution in [3.05, 3.63) is 71.6 Å². The summed E-state index contributed by atoms with van der Waals surface area (Å²) in [5, 5.41) is 3.23. The topological polar surface area (TPSA) is 89.7 Å². The summed E-state index contributed by atoms with van der Waals surface area (Å²) in [7, 11) is 2.80. The summed E-state index contributed by atoms with van der Waals surface area (Å²) in [6.45, 7) is 0.0854. The van der Waals surface area contributed by atoms with Gasteiger partial charge in [0.15, 0.2) is 0 Å². The molecular weight excluding hydrogens is 360 g/mol. The van der Waals surface area contributed by atoms with Crippen LogP contribution < -0.4 is 10.1 Å². The lowest BCUT2D eigenvalue weighted by atomic mass is 10.1. The number of ether oxygens (including phenoxy) is 3. The van der Waals surface area contributed by atoms with Gasteiger partial charge in [0.1, 0.15) is 18.1 Å². The van der Waals surface area contributed by atoms with Gasteiger partial charge in [0, 0.05) is 22.7 Å². The van der Waals surface area contributed by atoms with Crippen LogP contribution in [0, 0.1) is 0 Å². The third-order valence-electron chi connectivity index (χ3n) is 4.07. The molecule has 144 valence electrons. The number of hydrogen-bond donors (Lipinski definition) is 2. The van der Waals surface area contributed by atoms with Crippen molar-refractivity contribution in [2.75, 3.05) is 14.2 Å². The van der Waals surface area contributed by atoms with E-state index in [9.17, 15) is 9.59 Å². The molecule has 7 nitrogen and oxygen atoms in total. The van der Waals surface area contributed by atoms with Crippen molar-refractivity contribution in [1.29, 1.82) is 0 Å². The molecule has 2 N–H and O–H groups in total. The van der Waals surface area contributed by atoms with E-state index in [4.69, 9.17) is 14.2 Å². The van der Waals surface area contributed by atoms with Crippen LogP contribution in [0.3, 0.4) is 0 Å². The van der Waals surface area contributed by atoms with Gasteiger partial charge in [0.25, 0.3) is 0 Å². The number of hydrogen-bond acceptors (Lipinski definition) is 5. The summed E-state index contributed by atoms with van der Waals surface area (Å²) in [6, 6.07) is 14.8. The van der Waals surface area contributed by atoms with Crippen molar-refractivity contribution >= 4 is 29.0 Å². The van der Waals surface area contributed by atoms with Gasteiger partial charge in [-0.1, -0.05) is 36.4 Å². The van der Waals surface area contributed by atoms with Gasteiger partial charge >= 0.3 is 12.1 Å². The SMILES string of the molecule is COC(=O)/C(=C/c1c[nH]c2cccc(OC)c12)NC(=O)OCc1ccccc1. The summed E-state index contributed by atoms with van der Waals surface area (Å²) in [5.74, 6) is -0.0539. The van der Waals surface area contributed by atoms with E-state index in [2.05, 4.69) is 10.3 Å². The smallest absolute Gasteiger partial charge is 0.412 e. The Morgan fingerprint density at radius 3 is 2.57 bits per heavy atom. The first-order valence-corrected chi connectivity index (χ1v) is 8.54. The molecular formula is C21H20N2O5. The Kier molecular flexibility index (Phi) is 5.96. The average Bonchev–Trinajstić information content (AvgIpc) is 3.15. The number of fused-ring (bicyclic) bond motifs is 1. The molecule has 0 bridgehead atoms. The molecule has 0 saturated heterocycles. The van der Waals surface area contributed by atoms with Gasteiger partial charge in [0.2, 0.25) is 0 Å². The summed E-state index contributed by atoms with van der Waals surface area (Å²) < 4.78 is 15.3. The van der Waals surface area contributed by atoms with Crippen LogP contribution in [0.1, 0.15) is 11.1 Å². The second kappa shape index (κ2) is 8.77. The first-order chi connectivity index (χ1) is 13.6. The Bertz CT molecular complexity index is 1010. The average molecular weight is 380 g/mol. The molecule has 0 atom stereocenters. The van der Waals surface area contributed by atoms with E-state index in [1.165, 1.54) is 13.2 Å². The molecule has 0 unspecified atom stereocenters. The summed E-state index contributed by atoms with van der Waals surface area (Å²) in [6.07, 6.45) is 2.47. The van der Waals surface area contributed by atoms with Gasteiger partial charge in [0.05, 0.1) is 14.2 Å². The maximum absolute atomic E-state index is 12.1. The molecule has 1 amide bonds. The molecule has 0 saturated carbocycles. The van der Waals surface area contributed by atoms with Crippen molar-refractivity contribution in [3.63, 3.8) is 0 Å². The maximum Gasteiger partial charge on any atom is 0.412 e. The van der Waals surface area contributed by atoms with Gasteiger partial charge in [-0.05, 0) is 23.8 Å². The lowest BCUT2D eigenvalue weighted by Crippen LogP contribution is -2.28. The highest BCUT2D eigenvalue weighted by atomic mass is 16.6. The van der Waals surface area contributed by atoms with E-state index in [0.717, 1.165) is 16.5 Å². The van der Waals surface area contributed by atoms with Gasteiger partial charge in [-0.25, -0.2) is 9.59 Å². The molecule has 0 radical (unpaired) electrons. The number of aromatic nitrogens is 1. The molecule has 7 heteroatoms. The largest absolute Gasteiger partial charge is 0.496 e. The molecule has 1 heterocycles. The van der Waals surface area contributed by atoms with Crippen LogP contribution in [0.4, 0.5) is 4.79 Å². The molecule has 0 spiro atoms. The zero-order valence-corrected chi connectivity index (χ0v) is 15.5. The Morgan fingerprint density at radius 2 is 1.86 bits per heavy atom. The van der Waals surface area contributed by atoms with Crippen LogP contribution in [0.5, 0.6) is 5.75 Å². The van der Waals surface area contributed by atoms with E-state index in [1.54, 1.807) is 13.3 Å². The van der Waals surface area contributed by atoms with Crippen molar-refractivity contribution in [2.45, 2.75) is 6.61 Å². The second-order valence-corrected chi connectivity index (χ2v) is 5.86. The Morgan fingerprint density at radius 1 is 1.07 bits per heavy atom. The van der Waals surface area contributed by atoms with Gasteiger partial charge in [-0.2, -0.15) is 0 Å². The molecule has 2 aromatic carbocycles. The van der Waals surface area contributed by atoms with Gasteiger partial charge < -0.3 is 19.2 Å². The molecule has 0 aliphatic rings. The number of rotatable bonds is 6. The fourth-order valence-corrected chi connectivity index (χ4v) is 2.74. The Hall–Kier alpha value is -3.74. The molecule has 0 aliphatic carbocycles. The number of carbonyl (C=O) groups is 2. The minimum Gasteiger partial charge on any atom is -0.496 e. The van der Waals surface area contributed by atoms with E-state index < -0.39 is 12.1 Å². The van der Waals surface area contributed by atoms with Crippen LogP contribution in [-0.4, -0.2) is 31.3 Å². The minimum atomic E-state index is -0.757. The highest BCUT2D eigenvalue weighted by Crippen LogP contribution is 2.29. The quantitative estimate of drug-likeness (QED) is 0.504. The van der Waals surface area contributed by atoms with Crippen LogP contribution in [0.25, 0.3) is 17.0 Å². The number of aromatic amines is 1. The number of amides is 1. The first-order valence-electron chi connectivity index (χ1n) is 8.54. The van der Waals surface area contributed by atoms with E-state index >= 15 is 0 Å². The predicted octanol–water partition coefficient (Wildman–Crippen LogP) is 3.62. The third-order valence-corrected chi connectivity index (χ3v) is 4.07. The molecule has 3 aromatic rings. The van der Waals surface area contributed by atoms with Crippen LogP contribution in [-0.2, 0) is 20.9 Å². The summed E-state index contributed by atoms with van der Waals surface area (Å²) in [4.78, 5) is 27.4. The maximum atomic E-state index is 12.1. The lowest BCUT2D eigenvalue weighted by molar-refractivity contribution is -0.136. The fraction of sp³-hybridized carbons (Fsp3) is 0.143. The van der Waals surface area contributed by atoms with Crippen LogP contribution >= 0.6 is 0 Å². The summed E-state index contributed by atoms with van der Waals surface area (Å²) in [5.41, 5.74) is 2.28. The van der Waals surface area contributed by atoms with E-state index in [-0.39, 0.29) is 12.3 Å². The van der Waals surface area contributed by atoms with Gasteiger partial charge in [-0.15, -0.1) is 0 Å². The van der Waals surface area contributed by atoms with E-state index in [0.29, 0.717) is 11.3 Å². The zero-order valence-electron chi connectivity index (χ0n) is 15.5. The van der Waals surface area contributed by atoms with Crippen LogP contribution in [0.15, 0.2) is 60.4 Å². The van der Waals surface area contributed by atoms with Crippen molar-refractivity contribution < 1.29 is 23.8 Å². The standard InChI is InChI=1S/C21H20N2O5/c1-26-18-10-6-9-16-19(18)15(12-22-16)11-17(20(24)27-2)23-21(25)28-13-14-7-4-3-5-8-14/h3-12,22H,13H2,1-2H3,(H,23,25)/b17-11-. The molecule has 0 aliphatic heterocycles. The first kappa shape index (κ1) is 19.0. The Balaban J connectivity index is 1.82. The number of esters is 1. The fourth-order valence-electron chi connectivity index (χ4n) is 2.74. The monoisotopic (exact) mass is 380 g/mol. The predicted molar refractivity (Wildman–Crippen MR) is 105 cm³/mol. The number of methoxy groups -OCH3 is 2. The van der Waals surface area contributed by atoms with Gasteiger partial charge in [-0.3, -0.25) is 5.32 Å². The normalized spacial score (nSPS) is 11.1. The molecule has 28 heavy (non-hydrogen) atoms. The Labute approximate surface area is 161 Å². The number of benzene rings is 2. The number of alkyl carbamates (subject to hydrolysis) is 1. The molecule has 1 aromatic heterocycles.